The van der Waals surface area contributed by atoms with Gasteiger partial charge < -0.3 is 20.3 Å². The van der Waals surface area contributed by atoms with Gasteiger partial charge in [0, 0.05) is 19.0 Å². The van der Waals surface area contributed by atoms with Crippen LogP contribution in [0.15, 0.2) is 91.5 Å². The largest absolute Gasteiger partial charge is 0.444 e. The maximum absolute atomic E-state index is 14.6. The molecule has 0 aliphatic carbocycles. The lowest BCUT2D eigenvalue weighted by Crippen LogP contribution is -2.56. The number of ether oxygens (including phenoxy) is 1. The van der Waals surface area contributed by atoms with Crippen LogP contribution in [0, 0.1) is 0 Å². The molecule has 0 radical (unpaired) electrons. The quantitative estimate of drug-likeness (QED) is 0.262. The first-order chi connectivity index (χ1) is 20.0. The SMILES string of the molecule is C=Cc1cccc(C(C(=O)NCc2ccccc2)N(C(=O)C(Cc2ccccc2)NC(=O)OC(C)(C)C)C(C)CC)c1. The van der Waals surface area contributed by atoms with Crippen molar-refractivity contribution in [2.75, 3.05) is 0 Å². The van der Waals surface area contributed by atoms with Crippen molar-refractivity contribution in [1.29, 1.82) is 0 Å². The van der Waals surface area contributed by atoms with Gasteiger partial charge in [0.15, 0.2) is 0 Å². The molecule has 7 heteroatoms. The van der Waals surface area contributed by atoms with Crippen molar-refractivity contribution in [3.63, 3.8) is 0 Å². The van der Waals surface area contributed by atoms with E-state index < -0.39 is 23.8 Å². The standard InChI is InChI=1S/C35H43N3O4/c1-7-25(3)38(33(40)30(23-27-16-11-9-12-17-27)37-34(41)42-35(4,5)6)31(29-21-15-20-26(8-2)22-29)32(39)36-24-28-18-13-10-14-19-28/h8-22,25,30-31H,2,7,23-24H2,1,3-6H3,(H,36,39)(H,37,41). The zero-order valence-electron chi connectivity index (χ0n) is 25.3. The Kier molecular flexibility index (Phi) is 11.5. The van der Waals surface area contributed by atoms with Crippen molar-refractivity contribution in [1.82, 2.24) is 15.5 Å². The van der Waals surface area contributed by atoms with E-state index in [0.717, 1.165) is 16.7 Å². The van der Waals surface area contributed by atoms with Crippen LogP contribution in [0.2, 0.25) is 0 Å². The lowest BCUT2D eigenvalue weighted by atomic mass is 9.96. The van der Waals surface area contributed by atoms with E-state index in [0.29, 0.717) is 18.5 Å². The van der Waals surface area contributed by atoms with Gasteiger partial charge in [0.2, 0.25) is 11.8 Å². The van der Waals surface area contributed by atoms with Crippen molar-refractivity contribution in [2.24, 2.45) is 0 Å². The number of alkyl carbamates (subject to hydrolysis) is 1. The molecule has 3 amide bonds. The highest BCUT2D eigenvalue weighted by molar-refractivity contribution is 5.92. The van der Waals surface area contributed by atoms with E-state index >= 15 is 0 Å². The zero-order valence-corrected chi connectivity index (χ0v) is 25.3. The summed E-state index contributed by atoms with van der Waals surface area (Å²) in [7, 11) is 0. The first-order valence-electron chi connectivity index (χ1n) is 14.4. The molecular formula is C35H43N3O4. The van der Waals surface area contributed by atoms with Crippen molar-refractivity contribution in [2.45, 2.75) is 77.7 Å². The summed E-state index contributed by atoms with van der Waals surface area (Å²) in [5.74, 6) is -0.688. The second-order valence-electron chi connectivity index (χ2n) is 11.4. The van der Waals surface area contributed by atoms with Crippen molar-refractivity contribution in [3.8, 4) is 0 Å². The Labute approximate surface area is 250 Å². The minimum atomic E-state index is -0.969. The molecule has 222 valence electrons. The van der Waals surface area contributed by atoms with E-state index in [-0.39, 0.29) is 24.3 Å². The van der Waals surface area contributed by atoms with Gasteiger partial charge in [0.05, 0.1) is 0 Å². The smallest absolute Gasteiger partial charge is 0.408 e. The van der Waals surface area contributed by atoms with Crippen LogP contribution in [0.4, 0.5) is 4.79 Å². The topological polar surface area (TPSA) is 87.7 Å². The summed E-state index contributed by atoms with van der Waals surface area (Å²) in [4.78, 5) is 43.1. The predicted octanol–water partition coefficient (Wildman–Crippen LogP) is 6.45. The second kappa shape index (κ2) is 15.0. The molecule has 0 saturated heterocycles. The molecule has 0 bridgehead atoms. The normalized spacial score (nSPS) is 13.3. The molecule has 3 unspecified atom stereocenters. The number of nitrogens with one attached hydrogen (secondary N) is 2. The first-order valence-corrected chi connectivity index (χ1v) is 14.4. The third-order valence-electron chi connectivity index (χ3n) is 6.89. The molecule has 3 rings (SSSR count). The number of hydrogen-bond acceptors (Lipinski definition) is 4. The molecule has 3 aromatic rings. The Bertz CT molecular complexity index is 1340. The van der Waals surface area contributed by atoms with Crippen molar-refractivity contribution < 1.29 is 19.1 Å². The highest BCUT2D eigenvalue weighted by Gasteiger charge is 2.38. The molecule has 2 N–H and O–H groups in total. The number of rotatable bonds is 12. The second-order valence-corrected chi connectivity index (χ2v) is 11.4. The average molecular weight is 570 g/mol. The van der Waals surface area contributed by atoms with Gasteiger partial charge in [0.1, 0.15) is 17.7 Å². The lowest BCUT2D eigenvalue weighted by Gasteiger charge is -2.38. The van der Waals surface area contributed by atoms with E-state index in [2.05, 4.69) is 17.2 Å². The summed E-state index contributed by atoms with van der Waals surface area (Å²) in [6.07, 6.45) is 1.84. The third kappa shape index (κ3) is 9.33. The average Bonchev–Trinajstić information content (AvgIpc) is 2.97. The number of carbonyl (C=O) groups is 3. The molecule has 42 heavy (non-hydrogen) atoms. The molecular weight excluding hydrogens is 526 g/mol. The molecule has 3 aromatic carbocycles. The van der Waals surface area contributed by atoms with Gasteiger partial charge in [-0.05, 0) is 62.4 Å². The van der Waals surface area contributed by atoms with E-state index in [1.165, 1.54) is 0 Å². The van der Waals surface area contributed by atoms with Crippen LogP contribution < -0.4 is 10.6 Å². The van der Waals surface area contributed by atoms with Crippen molar-refractivity contribution >= 4 is 24.0 Å². The number of carbonyl (C=O) groups excluding carboxylic acids is 3. The summed E-state index contributed by atoms with van der Waals surface area (Å²) in [5, 5.41) is 5.85. The van der Waals surface area contributed by atoms with E-state index in [4.69, 9.17) is 4.74 Å². The monoisotopic (exact) mass is 569 g/mol. The van der Waals surface area contributed by atoms with Crippen LogP contribution in [0.5, 0.6) is 0 Å². The van der Waals surface area contributed by atoms with E-state index in [9.17, 15) is 14.4 Å². The van der Waals surface area contributed by atoms with Gasteiger partial charge in [-0.2, -0.15) is 0 Å². The van der Waals surface area contributed by atoms with Crippen LogP contribution in [-0.2, 0) is 27.3 Å². The zero-order chi connectivity index (χ0) is 30.7. The molecule has 0 aliphatic rings. The summed E-state index contributed by atoms with van der Waals surface area (Å²) in [6.45, 7) is 13.4. The van der Waals surface area contributed by atoms with Crippen LogP contribution in [-0.4, -0.2) is 40.5 Å². The number of benzene rings is 3. The maximum atomic E-state index is 14.6. The fraction of sp³-hybridized carbons (Fsp3) is 0.343. The van der Waals surface area contributed by atoms with Crippen molar-refractivity contribution in [3.05, 3.63) is 114 Å². The van der Waals surface area contributed by atoms with Crippen LogP contribution in [0.25, 0.3) is 6.08 Å². The first kappa shape index (κ1) is 32.1. The van der Waals surface area contributed by atoms with Crippen LogP contribution in [0.1, 0.15) is 69.3 Å². The third-order valence-corrected chi connectivity index (χ3v) is 6.89. The summed E-state index contributed by atoms with van der Waals surface area (Å²) >= 11 is 0. The van der Waals surface area contributed by atoms with Gasteiger partial charge in [-0.15, -0.1) is 0 Å². The Morgan fingerprint density at radius 1 is 0.929 bits per heavy atom. The van der Waals surface area contributed by atoms with Gasteiger partial charge in [0.25, 0.3) is 0 Å². The van der Waals surface area contributed by atoms with Crippen LogP contribution >= 0.6 is 0 Å². The minimum absolute atomic E-state index is 0.233. The van der Waals surface area contributed by atoms with Gasteiger partial charge in [-0.1, -0.05) is 98.4 Å². The number of nitrogens with zero attached hydrogens (tertiary/aromatic N) is 1. The van der Waals surface area contributed by atoms with Gasteiger partial charge in [-0.3, -0.25) is 9.59 Å². The predicted molar refractivity (Wildman–Crippen MR) is 167 cm³/mol. The molecule has 0 spiro atoms. The number of amides is 3. The highest BCUT2D eigenvalue weighted by atomic mass is 16.6. The van der Waals surface area contributed by atoms with Crippen LogP contribution in [0.3, 0.4) is 0 Å². The number of hydrogen-bond donors (Lipinski definition) is 2. The molecule has 0 fully saturated rings. The minimum Gasteiger partial charge on any atom is -0.444 e. The fourth-order valence-electron chi connectivity index (χ4n) is 4.65. The molecule has 0 heterocycles. The summed E-state index contributed by atoms with van der Waals surface area (Å²) in [6, 6.07) is 24.3. The molecule has 0 saturated carbocycles. The summed E-state index contributed by atoms with van der Waals surface area (Å²) < 4.78 is 5.52. The van der Waals surface area contributed by atoms with E-state index in [1.54, 1.807) is 31.7 Å². The highest BCUT2D eigenvalue weighted by Crippen LogP contribution is 2.28. The Morgan fingerprint density at radius 3 is 2.12 bits per heavy atom. The summed E-state index contributed by atoms with van der Waals surface area (Å²) in [5.41, 5.74) is 2.56. The van der Waals surface area contributed by atoms with E-state index in [1.807, 2.05) is 98.8 Å². The molecule has 0 aromatic heterocycles. The molecule has 7 nitrogen and oxygen atoms in total. The maximum Gasteiger partial charge on any atom is 0.408 e. The van der Waals surface area contributed by atoms with Gasteiger partial charge in [-0.25, -0.2) is 4.79 Å². The Morgan fingerprint density at radius 2 is 1.55 bits per heavy atom. The van der Waals surface area contributed by atoms with Gasteiger partial charge >= 0.3 is 6.09 Å². The lowest BCUT2D eigenvalue weighted by molar-refractivity contribution is -0.145. The Hall–Kier alpha value is -4.39. The fourth-order valence-corrected chi connectivity index (χ4v) is 4.65. The molecule has 0 aliphatic heterocycles. The molecule has 3 atom stereocenters. The Balaban J connectivity index is 2.05.